The fourth-order valence-electron chi connectivity index (χ4n) is 2.85. The molecule has 0 aromatic rings. The molecule has 0 aliphatic carbocycles. The minimum atomic E-state index is 0.184. The Bertz CT molecular complexity index is 237. The van der Waals surface area contributed by atoms with Crippen LogP contribution in [-0.4, -0.2) is 59.1 Å². The first kappa shape index (κ1) is 8.06. The Labute approximate surface area is 82.1 Å². The second-order valence-corrected chi connectivity index (χ2v) is 5.54. The molecule has 0 unspecified atom stereocenters. The standard InChI is InChI=1S/C8H12N4S/c9-4-13-8-1-10-5-11(2-8)7-12(3-8)6-10/h1-3,5-7H2. The summed E-state index contributed by atoms with van der Waals surface area (Å²) >= 11 is 1.47. The average Bonchev–Trinajstić information content (AvgIpc) is 2.00. The Morgan fingerprint density at radius 2 is 1.46 bits per heavy atom. The molecule has 0 atom stereocenters. The highest BCUT2D eigenvalue weighted by molar-refractivity contribution is 8.05. The topological polar surface area (TPSA) is 33.5 Å². The molecule has 0 aromatic carbocycles. The van der Waals surface area contributed by atoms with Gasteiger partial charge < -0.3 is 0 Å². The van der Waals surface area contributed by atoms with E-state index in [4.69, 9.17) is 5.26 Å². The average molecular weight is 196 g/mol. The molecule has 0 saturated carbocycles. The van der Waals surface area contributed by atoms with Crippen molar-refractivity contribution in [2.45, 2.75) is 4.75 Å². The van der Waals surface area contributed by atoms with Crippen LogP contribution in [0.4, 0.5) is 0 Å². The van der Waals surface area contributed by atoms with Gasteiger partial charge in [0.25, 0.3) is 0 Å². The summed E-state index contributed by atoms with van der Waals surface area (Å²) in [7, 11) is 0. The summed E-state index contributed by atoms with van der Waals surface area (Å²) in [5.41, 5.74) is 0. The van der Waals surface area contributed by atoms with E-state index < -0.39 is 0 Å². The van der Waals surface area contributed by atoms with Gasteiger partial charge in [-0.25, -0.2) is 0 Å². The normalized spacial score (nSPS) is 52.1. The molecule has 13 heavy (non-hydrogen) atoms. The predicted molar refractivity (Wildman–Crippen MR) is 50.7 cm³/mol. The van der Waals surface area contributed by atoms with E-state index in [1.165, 1.54) is 11.8 Å². The number of thioether (sulfide) groups is 1. The SMILES string of the molecule is N#CSC12CN3CN(CN(C3)C1)C2. The molecule has 4 nitrogen and oxygen atoms in total. The molecule has 4 saturated heterocycles. The van der Waals surface area contributed by atoms with Crippen LogP contribution in [0.15, 0.2) is 0 Å². The van der Waals surface area contributed by atoms with E-state index in [-0.39, 0.29) is 4.75 Å². The molecule has 4 aliphatic rings. The van der Waals surface area contributed by atoms with E-state index >= 15 is 0 Å². The minimum Gasteiger partial charge on any atom is -0.276 e. The number of nitriles is 1. The molecule has 4 bridgehead atoms. The summed E-state index contributed by atoms with van der Waals surface area (Å²) < 4.78 is 0.184. The summed E-state index contributed by atoms with van der Waals surface area (Å²) in [5, 5.41) is 11.0. The van der Waals surface area contributed by atoms with Crippen LogP contribution < -0.4 is 0 Å². The van der Waals surface area contributed by atoms with Crippen molar-refractivity contribution in [3.63, 3.8) is 0 Å². The fourth-order valence-corrected chi connectivity index (χ4v) is 3.78. The Hall–Kier alpha value is -0.280. The highest BCUT2D eigenvalue weighted by atomic mass is 32.2. The number of nitrogens with zero attached hydrogens (tertiary/aromatic N) is 4. The van der Waals surface area contributed by atoms with Crippen LogP contribution in [0.2, 0.25) is 0 Å². The smallest absolute Gasteiger partial charge is 0.134 e. The van der Waals surface area contributed by atoms with Gasteiger partial charge in [0.1, 0.15) is 5.40 Å². The first-order valence-corrected chi connectivity index (χ1v) is 5.36. The van der Waals surface area contributed by atoms with E-state index in [2.05, 4.69) is 20.1 Å². The highest BCUT2D eigenvalue weighted by Gasteiger charge is 2.49. The molecular weight excluding hydrogens is 184 g/mol. The Kier molecular flexibility index (Phi) is 1.62. The van der Waals surface area contributed by atoms with Gasteiger partial charge >= 0.3 is 0 Å². The number of hydrogen-bond acceptors (Lipinski definition) is 5. The predicted octanol–water partition coefficient (Wildman–Crippen LogP) is -0.241. The second-order valence-electron chi connectivity index (χ2n) is 4.29. The van der Waals surface area contributed by atoms with Gasteiger partial charge in [-0.3, -0.25) is 14.7 Å². The molecule has 0 spiro atoms. The third kappa shape index (κ3) is 1.17. The van der Waals surface area contributed by atoms with Crippen LogP contribution in [0, 0.1) is 10.7 Å². The van der Waals surface area contributed by atoms with Crippen LogP contribution in [0.1, 0.15) is 0 Å². The molecular formula is C8H12N4S. The van der Waals surface area contributed by atoms with Crippen molar-refractivity contribution in [1.82, 2.24) is 14.7 Å². The molecule has 0 aromatic heterocycles. The van der Waals surface area contributed by atoms with Crippen molar-refractivity contribution in [2.24, 2.45) is 0 Å². The third-order valence-corrected chi connectivity index (χ3v) is 3.91. The third-order valence-electron chi connectivity index (χ3n) is 3.00. The number of thiocyanates is 1. The van der Waals surface area contributed by atoms with E-state index in [1.807, 2.05) is 0 Å². The van der Waals surface area contributed by atoms with Gasteiger partial charge in [-0.1, -0.05) is 0 Å². The molecule has 4 aliphatic heterocycles. The van der Waals surface area contributed by atoms with Crippen LogP contribution in [0.3, 0.4) is 0 Å². The first-order valence-electron chi connectivity index (χ1n) is 4.54. The quantitative estimate of drug-likeness (QED) is 0.541. The van der Waals surface area contributed by atoms with E-state index in [9.17, 15) is 0 Å². The summed E-state index contributed by atoms with van der Waals surface area (Å²) in [4.78, 5) is 7.29. The lowest BCUT2D eigenvalue weighted by atomic mass is 10.00. The maximum atomic E-state index is 8.78. The molecule has 70 valence electrons. The Morgan fingerprint density at radius 3 is 1.85 bits per heavy atom. The van der Waals surface area contributed by atoms with Crippen molar-refractivity contribution in [3.8, 4) is 5.40 Å². The maximum absolute atomic E-state index is 8.78. The zero-order chi connectivity index (χ0) is 8.89. The van der Waals surface area contributed by atoms with Crippen molar-refractivity contribution < 1.29 is 0 Å². The van der Waals surface area contributed by atoms with E-state index in [0.717, 1.165) is 39.6 Å². The summed E-state index contributed by atoms with van der Waals surface area (Å²) in [5.74, 6) is 0. The van der Waals surface area contributed by atoms with E-state index in [1.54, 1.807) is 0 Å². The molecule has 5 heteroatoms. The van der Waals surface area contributed by atoms with Crippen molar-refractivity contribution in [1.29, 1.82) is 5.26 Å². The lowest BCUT2D eigenvalue weighted by Crippen LogP contribution is -2.74. The zero-order valence-corrected chi connectivity index (χ0v) is 8.26. The Balaban J connectivity index is 1.88. The fraction of sp³-hybridized carbons (Fsp3) is 0.875. The lowest BCUT2D eigenvalue weighted by molar-refractivity contribution is -0.118. The van der Waals surface area contributed by atoms with Gasteiger partial charge in [0, 0.05) is 19.6 Å². The number of rotatable bonds is 1. The summed E-state index contributed by atoms with van der Waals surface area (Å²) in [6.45, 7) is 6.59. The molecule has 4 fully saturated rings. The van der Waals surface area contributed by atoms with Gasteiger partial charge in [-0.15, -0.1) is 0 Å². The maximum Gasteiger partial charge on any atom is 0.134 e. The molecule has 0 N–H and O–H groups in total. The van der Waals surface area contributed by atoms with Gasteiger partial charge in [0.2, 0.25) is 0 Å². The van der Waals surface area contributed by atoms with Crippen LogP contribution in [0.25, 0.3) is 0 Å². The van der Waals surface area contributed by atoms with Gasteiger partial charge in [0.05, 0.1) is 24.8 Å². The Morgan fingerprint density at radius 1 is 1.00 bits per heavy atom. The summed E-state index contributed by atoms with van der Waals surface area (Å²) in [6, 6.07) is 0. The largest absolute Gasteiger partial charge is 0.276 e. The van der Waals surface area contributed by atoms with Gasteiger partial charge in [-0.2, -0.15) is 5.26 Å². The number of hydrogen-bond donors (Lipinski definition) is 0. The molecule has 4 heterocycles. The highest BCUT2D eigenvalue weighted by Crippen LogP contribution is 2.37. The van der Waals surface area contributed by atoms with Crippen LogP contribution in [0.5, 0.6) is 0 Å². The molecule has 0 radical (unpaired) electrons. The van der Waals surface area contributed by atoms with Crippen molar-refractivity contribution >= 4 is 11.8 Å². The van der Waals surface area contributed by atoms with Crippen LogP contribution >= 0.6 is 11.8 Å². The van der Waals surface area contributed by atoms with E-state index in [0.29, 0.717) is 0 Å². The first-order chi connectivity index (χ1) is 6.30. The lowest BCUT2D eigenvalue weighted by Gasteiger charge is -2.59. The van der Waals surface area contributed by atoms with Gasteiger partial charge in [0.15, 0.2) is 0 Å². The molecule has 0 amide bonds. The monoisotopic (exact) mass is 196 g/mol. The second kappa shape index (κ2) is 2.61. The van der Waals surface area contributed by atoms with Crippen molar-refractivity contribution in [2.75, 3.05) is 39.6 Å². The summed E-state index contributed by atoms with van der Waals surface area (Å²) in [6.07, 6.45) is 0. The minimum absolute atomic E-state index is 0.184. The zero-order valence-electron chi connectivity index (χ0n) is 7.44. The molecule has 4 rings (SSSR count). The van der Waals surface area contributed by atoms with Crippen LogP contribution in [-0.2, 0) is 0 Å². The van der Waals surface area contributed by atoms with Gasteiger partial charge in [-0.05, 0) is 11.8 Å². The van der Waals surface area contributed by atoms with Crippen molar-refractivity contribution in [3.05, 3.63) is 0 Å².